The van der Waals surface area contributed by atoms with Crippen molar-refractivity contribution in [3.63, 3.8) is 0 Å². The lowest BCUT2D eigenvalue weighted by molar-refractivity contribution is -0.158. The van der Waals surface area contributed by atoms with Crippen LogP contribution in [-0.2, 0) is 19.1 Å². The quantitative estimate of drug-likeness (QED) is 0.0432. The van der Waals surface area contributed by atoms with Gasteiger partial charge in [-0.3, -0.25) is 0 Å². The highest BCUT2D eigenvalue weighted by atomic mass is 19.1. The fraction of sp³-hybridized carbons (Fsp3) is 0.130. The number of esters is 4. The van der Waals surface area contributed by atoms with E-state index in [1.54, 1.807) is 78.9 Å². The molecule has 0 saturated heterocycles. The van der Waals surface area contributed by atoms with Crippen molar-refractivity contribution in [1.82, 2.24) is 0 Å². The van der Waals surface area contributed by atoms with E-state index in [-0.39, 0.29) is 22.6 Å². The number of hydrogen-bond donors (Lipinski definition) is 0. The van der Waals surface area contributed by atoms with Crippen molar-refractivity contribution >= 4 is 45.4 Å². The number of hydrogen-bond acceptors (Lipinski definition) is 10. The summed E-state index contributed by atoms with van der Waals surface area (Å²) >= 11 is 0. The molecule has 11 heteroatoms. The Bertz CT molecular complexity index is 2490. The van der Waals surface area contributed by atoms with Gasteiger partial charge in [0, 0.05) is 30.6 Å². The average molecular weight is 769 g/mol. The van der Waals surface area contributed by atoms with E-state index in [0.29, 0.717) is 35.5 Å². The molecule has 6 aromatic rings. The molecule has 6 aromatic carbocycles. The first-order valence-electron chi connectivity index (χ1n) is 18.0. The van der Waals surface area contributed by atoms with E-state index < -0.39 is 42.3 Å². The van der Waals surface area contributed by atoms with Crippen molar-refractivity contribution in [3.05, 3.63) is 158 Å². The summed E-state index contributed by atoms with van der Waals surface area (Å²) in [5.41, 5.74) is 1.44. The van der Waals surface area contributed by atoms with Gasteiger partial charge in [0.25, 0.3) is 0 Å². The van der Waals surface area contributed by atoms with Gasteiger partial charge in [-0.2, -0.15) is 0 Å². The van der Waals surface area contributed by atoms with Crippen LogP contribution in [0.2, 0.25) is 0 Å². The van der Waals surface area contributed by atoms with Gasteiger partial charge in [0.1, 0.15) is 28.8 Å². The molecule has 0 aliphatic rings. The maximum atomic E-state index is 13.9. The zero-order valence-electron chi connectivity index (χ0n) is 31.1. The molecule has 10 nitrogen and oxygen atoms in total. The van der Waals surface area contributed by atoms with Crippen LogP contribution in [0.25, 0.3) is 32.7 Å². The van der Waals surface area contributed by atoms with Gasteiger partial charge in [0.2, 0.25) is 12.6 Å². The van der Waals surface area contributed by atoms with Gasteiger partial charge < -0.3 is 28.4 Å². The number of carbonyl (C=O) groups is 4. The van der Waals surface area contributed by atoms with Gasteiger partial charge in [0.05, 0.1) is 11.1 Å². The SMILES string of the molecule is C=CC(=O)OC(CC)Oc1ccc2cc(C(=O)Oc3ccc(OC(=O)c4ccc5cc(OC(CC)OC(=O)C=C)ccc5c4)c(-c4ccc(F)cc4)c3)ccc2c1. The van der Waals surface area contributed by atoms with E-state index >= 15 is 0 Å². The molecule has 0 aromatic heterocycles. The van der Waals surface area contributed by atoms with Crippen LogP contribution in [0.4, 0.5) is 4.39 Å². The van der Waals surface area contributed by atoms with Gasteiger partial charge in [-0.1, -0.05) is 63.4 Å². The Morgan fingerprint density at radius 2 is 1.02 bits per heavy atom. The number of fused-ring (bicyclic) bond motifs is 2. The average Bonchev–Trinajstić information content (AvgIpc) is 3.23. The van der Waals surface area contributed by atoms with Crippen LogP contribution in [0, 0.1) is 5.82 Å². The van der Waals surface area contributed by atoms with Crippen LogP contribution >= 0.6 is 0 Å². The van der Waals surface area contributed by atoms with Crippen molar-refractivity contribution in [2.45, 2.75) is 39.3 Å². The molecular formula is C46H37FO10. The molecule has 6 rings (SSSR count). The molecule has 288 valence electrons. The van der Waals surface area contributed by atoms with Crippen LogP contribution in [0.15, 0.2) is 141 Å². The molecular weight excluding hydrogens is 731 g/mol. The second-order valence-corrected chi connectivity index (χ2v) is 12.6. The fourth-order valence-corrected chi connectivity index (χ4v) is 5.73. The minimum Gasteiger partial charge on any atom is -0.455 e. The Morgan fingerprint density at radius 3 is 1.51 bits per heavy atom. The van der Waals surface area contributed by atoms with Crippen LogP contribution in [0.1, 0.15) is 47.4 Å². The van der Waals surface area contributed by atoms with Gasteiger partial charge in [-0.15, -0.1) is 0 Å². The van der Waals surface area contributed by atoms with Gasteiger partial charge in [0.15, 0.2) is 0 Å². The third-order valence-corrected chi connectivity index (χ3v) is 8.64. The van der Waals surface area contributed by atoms with E-state index in [9.17, 15) is 23.6 Å². The van der Waals surface area contributed by atoms with E-state index in [1.807, 2.05) is 13.8 Å². The molecule has 0 radical (unpaired) electrons. The third-order valence-electron chi connectivity index (χ3n) is 8.64. The second kappa shape index (κ2) is 17.9. The fourth-order valence-electron chi connectivity index (χ4n) is 5.73. The molecule has 2 atom stereocenters. The minimum absolute atomic E-state index is 0.156. The van der Waals surface area contributed by atoms with Gasteiger partial charge in [-0.05, 0) is 106 Å². The lowest BCUT2D eigenvalue weighted by Gasteiger charge is -2.17. The lowest BCUT2D eigenvalue weighted by Crippen LogP contribution is -2.22. The summed E-state index contributed by atoms with van der Waals surface area (Å²) in [6.07, 6.45) is 1.41. The van der Waals surface area contributed by atoms with Crippen molar-refractivity contribution in [3.8, 4) is 34.1 Å². The Hall–Kier alpha value is -7.27. The Morgan fingerprint density at radius 1 is 0.561 bits per heavy atom. The topological polar surface area (TPSA) is 124 Å². The molecule has 0 bridgehead atoms. The molecule has 0 N–H and O–H groups in total. The summed E-state index contributed by atoms with van der Waals surface area (Å²) < 4.78 is 47.6. The summed E-state index contributed by atoms with van der Waals surface area (Å²) in [7, 11) is 0. The highest BCUT2D eigenvalue weighted by Gasteiger charge is 2.19. The van der Waals surface area contributed by atoms with Crippen LogP contribution in [0.5, 0.6) is 23.0 Å². The normalized spacial score (nSPS) is 11.8. The summed E-state index contributed by atoms with van der Waals surface area (Å²) in [5, 5.41) is 3.01. The molecule has 0 fully saturated rings. The first-order valence-corrected chi connectivity index (χ1v) is 18.0. The predicted molar refractivity (Wildman–Crippen MR) is 212 cm³/mol. The lowest BCUT2D eigenvalue weighted by atomic mass is 10.0. The second-order valence-electron chi connectivity index (χ2n) is 12.6. The maximum Gasteiger partial charge on any atom is 0.343 e. The van der Waals surface area contributed by atoms with Gasteiger partial charge in [-0.25, -0.2) is 23.6 Å². The first kappa shape index (κ1) is 39.4. The molecule has 0 saturated carbocycles. The minimum atomic E-state index is -0.792. The van der Waals surface area contributed by atoms with E-state index in [2.05, 4.69) is 13.2 Å². The summed E-state index contributed by atoms with van der Waals surface area (Å²) in [6.45, 7) is 10.4. The van der Waals surface area contributed by atoms with Crippen molar-refractivity contribution in [1.29, 1.82) is 0 Å². The largest absolute Gasteiger partial charge is 0.455 e. The smallest absolute Gasteiger partial charge is 0.343 e. The summed E-state index contributed by atoms with van der Waals surface area (Å²) in [5.74, 6) is -1.65. The molecule has 2 unspecified atom stereocenters. The zero-order chi connectivity index (χ0) is 40.5. The highest BCUT2D eigenvalue weighted by Crippen LogP contribution is 2.35. The number of halogens is 1. The van der Waals surface area contributed by atoms with E-state index in [1.165, 1.54) is 36.4 Å². The summed E-state index contributed by atoms with van der Waals surface area (Å²) in [6, 6.07) is 30.7. The Labute approximate surface area is 327 Å². The van der Waals surface area contributed by atoms with Crippen LogP contribution in [-0.4, -0.2) is 36.5 Å². The van der Waals surface area contributed by atoms with Crippen molar-refractivity contribution in [2.75, 3.05) is 0 Å². The summed E-state index contributed by atoms with van der Waals surface area (Å²) in [4.78, 5) is 50.1. The zero-order valence-corrected chi connectivity index (χ0v) is 31.1. The van der Waals surface area contributed by atoms with Crippen LogP contribution < -0.4 is 18.9 Å². The molecule has 0 heterocycles. The molecule has 0 spiro atoms. The number of rotatable bonds is 15. The third kappa shape index (κ3) is 9.89. The molecule has 0 aliphatic carbocycles. The molecule has 0 aliphatic heterocycles. The Kier molecular flexibility index (Phi) is 12.4. The van der Waals surface area contributed by atoms with Gasteiger partial charge >= 0.3 is 23.9 Å². The number of benzene rings is 6. The van der Waals surface area contributed by atoms with E-state index in [0.717, 1.165) is 33.7 Å². The van der Waals surface area contributed by atoms with Crippen LogP contribution in [0.3, 0.4) is 0 Å². The predicted octanol–water partition coefficient (Wildman–Crippen LogP) is 9.93. The monoisotopic (exact) mass is 768 g/mol. The molecule has 0 amide bonds. The number of ether oxygens (including phenoxy) is 6. The van der Waals surface area contributed by atoms with Crippen molar-refractivity contribution in [2.24, 2.45) is 0 Å². The standard InChI is InChI=1S/C46H37FO10/c1-5-41(48)56-43(7-3)52-36-19-15-29-23-33(11-9-31(29)25-36)45(50)54-38-21-22-40(39(27-38)28-13-17-35(47)18-14-28)55-46(51)34-12-10-32-26-37(20-16-30(32)24-34)53-44(8-4)57-42(49)6-2/h5-6,9-27,43-44H,1-2,7-8H2,3-4H3. The highest BCUT2D eigenvalue weighted by molar-refractivity contribution is 5.98. The maximum absolute atomic E-state index is 13.9. The number of carbonyl (C=O) groups excluding carboxylic acids is 4. The Balaban J connectivity index is 1.19. The van der Waals surface area contributed by atoms with E-state index in [4.69, 9.17) is 28.4 Å². The molecule has 57 heavy (non-hydrogen) atoms. The first-order chi connectivity index (χ1) is 27.5. The van der Waals surface area contributed by atoms with Crippen molar-refractivity contribution < 1.29 is 52.0 Å².